The summed E-state index contributed by atoms with van der Waals surface area (Å²) < 4.78 is 0. The summed E-state index contributed by atoms with van der Waals surface area (Å²) in [7, 11) is 0. The van der Waals surface area contributed by atoms with Crippen molar-refractivity contribution in [1.29, 1.82) is 0 Å². The van der Waals surface area contributed by atoms with Crippen LogP contribution in [0, 0.1) is 0 Å². The third-order valence-corrected chi connectivity index (χ3v) is 3.52. The molecular formula is C17H12Cl2O2. The number of carbonyl (C=O) groups is 2. The molecule has 2 nitrogen and oxygen atoms in total. The smallest absolute Gasteiger partial charge is 0.252 e. The van der Waals surface area contributed by atoms with Gasteiger partial charge in [-0.2, -0.15) is 0 Å². The van der Waals surface area contributed by atoms with Crippen molar-refractivity contribution in [2.75, 3.05) is 0 Å². The summed E-state index contributed by atoms with van der Waals surface area (Å²) in [5, 5.41) is -0.937. The molecule has 0 radical (unpaired) electrons. The summed E-state index contributed by atoms with van der Waals surface area (Å²) in [6.45, 7) is 1.97. The molecule has 2 rings (SSSR count). The van der Waals surface area contributed by atoms with Crippen molar-refractivity contribution in [1.82, 2.24) is 0 Å². The molecule has 0 saturated carbocycles. The molecule has 0 fully saturated rings. The van der Waals surface area contributed by atoms with Gasteiger partial charge in [0.05, 0.1) is 0 Å². The highest BCUT2D eigenvalue weighted by Crippen LogP contribution is 2.19. The fourth-order valence-electron chi connectivity index (χ4n) is 1.91. The average molecular weight is 319 g/mol. The third kappa shape index (κ3) is 4.03. The van der Waals surface area contributed by atoms with Crippen molar-refractivity contribution in [3.05, 3.63) is 70.8 Å². The molecule has 4 heteroatoms. The van der Waals surface area contributed by atoms with E-state index in [1.165, 1.54) is 0 Å². The van der Waals surface area contributed by atoms with E-state index in [2.05, 4.69) is 0 Å². The van der Waals surface area contributed by atoms with Gasteiger partial charge in [0.25, 0.3) is 10.5 Å². The van der Waals surface area contributed by atoms with Gasteiger partial charge in [0.15, 0.2) is 0 Å². The fraction of sp³-hybridized carbons (Fsp3) is 0.0588. The molecule has 0 aromatic heterocycles. The lowest BCUT2D eigenvalue weighted by molar-refractivity contribution is 0.107. The summed E-state index contributed by atoms with van der Waals surface area (Å²) in [6.07, 6.45) is 1.99. The van der Waals surface area contributed by atoms with E-state index in [4.69, 9.17) is 23.2 Å². The molecule has 0 aliphatic heterocycles. The number of rotatable bonds is 4. The van der Waals surface area contributed by atoms with Crippen LogP contribution in [0.2, 0.25) is 0 Å². The Hall–Kier alpha value is -1.90. The Morgan fingerprint density at radius 1 is 0.762 bits per heavy atom. The van der Waals surface area contributed by atoms with Crippen molar-refractivity contribution < 1.29 is 9.59 Å². The van der Waals surface area contributed by atoms with Crippen LogP contribution in [0.15, 0.2) is 48.5 Å². The minimum absolute atomic E-state index is 0.468. The lowest BCUT2D eigenvalue weighted by Crippen LogP contribution is -1.89. The number of allylic oxidation sites excluding steroid dienone is 1. The normalized spacial score (nSPS) is 11.3. The van der Waals surface area contributed by atoms with Gasteiger partial charge >= 0.3 is 0 Å². The zero-order valence-electron chi connectivity index (χ0n) is 11.3. The molecule has 0 atom stereocenters. The van der Waals surface area contributed by atoms with Gasteiger partial charge in [0.2, 0.25) is 0 Å². The van der Waals surface area contributed by atoms with Gasteiger partial charge in [-0.15, -0.1) is 0 Å². The van der Waals surface area contributed by atoms with Gasteiger partial charge in [0.1, 0.15) is 0 Å². The highest BCUT2D eigenvalue weighted by molar-refractivity contribution is 6.68. The van der Waals surface area contributed by atoms with E-state index >= 15 is 0 Å². The lowest BCUT2D eigenvalue weighted by atomic mass is 10.0. The number of benzene rings is 2. The predicted molar refractivity (Wildman–Crippen MR) is 86.8 cm³/mol. The van der Waals surface area contributed by atoms with Gasteiger partial charge in [0, 0.05) is 11.1 Å². The molecule has 0 heterocycles. The van der Waals surface area contributed by atoms with Crippen LogP contribution < -0.4 is 0 Å². The Kier molecular flexibility index (Phi) is 4.94. The van der Waals surface area contributed by atoms with Crippen LogP contribution in [0.25, 0.3) is 11.6 Å². The molecule has 0 aliphatic carbocycles. The monoisotopic (exact) mass is 318 g/mol. The first-order valence-corrected chi connectivity index (χ1v) is 7.01. The van der Waals surface area contributed by atoms with Crippen LogP contribution in [-0.4, -0.2) is 10.5 Å². The van der Waals surface area contributed by atoms with Crippen LogP contribution in [0.5, 0.6) is 0 Å². The molecule has 106 valence electrons. The van der Waals surface area contributed by atoms with Crippen LogP contribution in [0.4, 0.5) is 0 Å². The van der Waals surface area contributed by atoms with Crippen LogP contribution in [-0.2, 0) is 0 Å². The molecule has 0 bridgehead atoms. The highest BCUT2D eigenvalue weighted by atomic mass is 35.5. The van der Waals surface area contributed by atoms with E-state index in [1.54, 1.807) is 24.3 Å². The van der Waals surface area contributed by atoms with Crippen molar-refractivity contribution in [3.8, 4) is 0 Å². The van der Waals surface area contributed by atoms with E-state index in [0.717, 1.165) is 16.7 Å². The zero-order valence-corrected chi connectivity index (χ0v) is 12.8. The minimum Gasteiger partial charge on any atom is -0.276 e. The Bertz CT molecular complexity index is 699. The first kappa shape index (κ1) is 15.5. The molecule has 0 unspecified atom stereocenters. The van der Waals surface area contributed by atoms with Crippen LogP contribution >= 0.6 is 23.2 Å². The molecule has 0 amide bonds. The van der Waals surface area contributed by atoms with Gasteiger partial charge < -0.3 is 0 Å². The lowest BCUT2D eigenvalue weighted by Gasteiger charge is -2.03. The third-order valence-electron chi connectivity index (χ3n) is 3.09. The predicted octanol–water partition coefficient (Wildman–Crippen LogP) is 5.01. The Labute approximate surface area is 133 Å². The van der Waals surface area contributed by atoms with E-state index in [0.29, 0.717) is 11.1 Å². The van der Waals surface area contributed by atoms with E-state index in [-0.39, 0.29) is 0 Å². The Balaban J connectivity index is 2.23. The second-order valence-corrected chi connectivity index (χ2v) is 5.26. The maximum Gasteiger partial charge on any atom is 0.252 e. The maximum absolute atomic E-state index is 11.0. The SMILES string of the molecule is C/C(=C/c1ccc(C(=O)Cl)cc1)c1ccc(C(=O)Cl)cc1. The summed E-state index contributed by atoms with van der Waals surface area (Å²) in [6, 6.07) is 14.1. The largest absolute Gasteiger partial charge is 0.276 e. The quantitative estimate of drug-likeness (QED) is 0.587. The first-order valence-electron chi connectivity index (χ1n) is 6.26. The second-order valence-electron chi connectivity index (χ2n) is 4.57. The average Bonchev–Trinajstić information content (AvgIpc) is 2.47. The minimum atomic E-state index is -0.469. The zero-order chi connectivity index (χ0) is 15.4. The molecular weight excluding hydrogens is 307 g/mol. The van der Waals surface area contributed by atoms with Crippen LogP contribution in [0.3, 0.4) is 0 Å². The Morgan fingerprint density at radius 3 is 1.57 bits per heavy atom. The molecule has 2 aromatic rings. The van der Waals surface area contributed by atoms with Gasteiger partial charge in [-0.3, -0.25) is 9.59 Å². The van der Waals surface area contributed by atoms with Crippen molar-refractivity contribution in [3.63, 3.8) is 0 Å². The fourth-order valence-corrected chi connectivity index (χ4v) is 2.16. The number of hydrogen-bond acceptors (Lipinski definition) is 2. The number of halogens is 2. The highest BCUT2D eigenvalue weighted by Gasteiger charge is 2.03. The van der Waals surface area contributed by atoms with E-state index < -0.39 is 10.5 Å². The summed E-state index contributed by atoms with van der Waals surface area (Å²) in [5.74, 6) is 0. The first-order chi connectivity index (χ1) is 9.97. The molecule has 2 aromatic carbocycles. The van der Waals surface area contributed by atoms with Crippen molar-refractivity contribution in [2.45, 2.75) is 6.92 Å². The van der Waals surface area contributed by atoms with E-state index in [1.807, 2.05) is 37.3 Å². The van der Waals surface area contributed by atoms with Crippen molar-refractivity contribution in [2.24, 2.45) is 0 Å². The summed E-state index contributed by atoms with van der Waals surface area (Å²) >= 11 is 10.8. The van der Waals surface area contributed by atoms with Crippen molar-refractivity contribution >= 4 is 45.3 Å². The Morgan fingerprint density at radius 2 is 1.14 bits per heavy atom. The molecule has 21 heavy (non-hydrogen) atoms. The molecule has 0 aliphatic rings. The topological polar surface area (TPSA) is 34.1 Å². The second kappa shape index (κ2) is 6.70. The standard InChI is InChI=1S/C17H12Cl2O2/c1-11(13-6-8-15(9-7-13)17(19)21)10-12-2-4-14(5-3-12)16(18)20/h2-10H,1H3/b11-10-. The summed E-state index contributed by atoms with van der Waals surface area (Å²) in [4.78, 5) is 22.0. The molecule has 0 N–H and O–H groups in total. The summed E-state index contributed by atoms with van der Waals surface area (Å²) in [5.41, 5.74) is 3.93. The van der Waals surface area contributed by atoms with Gasteiger partial charge in [-0.25, -0.2) is 0 Å². The number of hydrogen-bond donors (Lipinski definition) is 0. The number of carbonyl (C=O) groups excluding carboxylic acids is 2. The van der Waals surface area contributed by atoms with Gasteiger partial charge in [-0.05, 0) is 71.1 Å². The van der Waals surface area contributed by atoms with Crippen LogP contribution in [0.1, 0.15) is 38.8 Å². The van der Waals surface area contributed by atoms with E-state index in [9.17, 15) is 9.59 Å². The van der Waals surface area contributed by atoms with Gasteiger partial charge in [-0.1, -0.05) is 30.3 Å². The molecule has 0 spiro atoms. The molecule has 0 saturated heterocycles. The maximum atomic E-state index is 11.0.